The van der Waals surface area contributed by atoms with Crippen molar-refractivity contribution < 1.29 is 0 Å². The summed E-state index contributed by atoms with van der Waals surface area (Å²) in [6.07, 6.45) is 14.7. The minimum absolute atomic E-state index is 0.470. The maximum absolute atomic E-state index is 4.87. The number of rotatable bonds is 5. The van der Waals surface area contributed by atoms with E-state index in [1.165, 1.54) is 24.1 Å². The van der Waals surface area contributed by atoms with E-state index in [2.05, 4.69) is 55.0 Å². The summed E-state index contributed by atoms with van der Waals surface area (Å²) in [4.78, 5) is 11.6. The summed E-state index contributed by atoms with van der Waals surface area (Å²) in [6.45, 7) is 4.50. The van der Waals surface area contributed by atoms with E-state index in [1.54, 1.807) is 0 Å². The van der Waals surface area contributed by atoms with Crippen LogP contribution in [0.3, 0.4) is 0 Å². The fourth-order valence-corrected chi connectivity index (χ4v) is 5.77. The molecular formula is C26H29N9. The summed E-state index contributed by atoms with van der Waals surface area (Å²) >= 11 is 0. The van der Waals surface area contributed by atoms with Crippen LogP contribution in [-0.2, 0) is 7.05 Å². The summed E-state index contributed by atoms with van der Waals surface area (Å²) in [5.74, 6) is 1.28. The second-order valence-corrected chi connectivity index (χ2v) is 10.2. The smallest absolute Gasteiger partial charge is 0.246 e. The van der Waals surface area contributed by atoms with Crippen LogP contribution in [0.1, 0.15) is 31.4 Å². The second-order valence-electron chi connectivity index (χ2n) is 10.2. The van der Waals surface area contributed by atoms with Crippen LogP contribution in [0.2, 0.25) is 0 Å². The Kier molecular flexibility index (Phi) is 4.66. The van der Waals surface area contributed by atoms with Crippen LogP contribution in [-0.4, -0.2) is 55.5 Å². The van der Waals surface area contributed by atoms with Gasteiger partial charge < -0.3 is 15.5 Å². The molecule has 9 nitrogen and oxygen atoms in total. The Labute approximate surface area is 203 Å². The van der Waals surface area contributed by atoms with Crippen molar-refractivity contribution in [3.63, 3.8) is 0 Å². The molecule has 0 unspecified atom stereocenters. The van der Waals surface area contributed by atoms with Crippen LogP contribution in [0.25, 0.3) is 22.2 Å². The van der Waals surface area contributed by atoms with Crippen molar-refractivity contribution in [2.75, 3.05) is 36.4 Å². The van der Waals surface area contributed by atoms with Gasteiger partial charge in [-0.3, -0.25) is 4.68 Å². The SMILES string of the molecule is Cn1cc(-c2cc3cnc(Nc4ccc(N5CC6(CCNC6)C5)cn4)nn3c2C2=CCCC2)cn1. The lowest BCUT2D eigenvalue weighted by Crippen LogP contribution is -2.57. The topological polar surface area (TPSA) is 88.2 Å². The molecule has 1 aliphatic carbocycles. The third-order valence-corrected chi connectivity index (χ3v) is 7.62. The van der Waals surface area contributed by atoms with E-state index in [9.17, 15) is 0 Å². The lowest BCUT2D eigenvalue weighted by molar-refractivity contribution is 0.243. The fourth-order valence-electron chi connectivity index (χ4n) is 5.77. The minimum atomic E-state index is 0.470. The molecule has 4 aromatic rings. The highest BCUT2D eigenvalue weighted by Crippen LogP contribution is 2.39. The van der Waals surface area contributed by atoms with E-state index in [0.717, 1.165) is 67.2 Å². The molecule has 9 heteroatoms. The second kappa shape index (κ2) is 7.91. The normalized spacial score (nSPS) is 18.9. The number of anilines is 3. The highest BCUT2D eigenvalue weighted by atomic mass is 15.3. The molecule has 2 aliphatic heterocycles. The number of fused-ring (bicyclic) bond motifs is 1. The fraction of sp³-hybridized carbons (Fsp3) is 0.385. The quantitative estimate of drug-likeness (QED) is 0.463. The van der Waals surface area contributed by atoms with E-state index < -0.39 is 0 Å². The summed E-state index contributed by atoms with van der Waals surface area (Å²) < 4.78 is 3.85. The number of nitrogens with zero attached hydrogens (tertiary/aromatic N) is 7. The van der Waals surface area contributed by atoms with Gasteiger partial charge >= 0.3 is 0 Å². The lowest BCUT2D eigenvalue weighted by atomic mass is 9.79. The van der Waals surface area contributed by atoms with Gasteiger partial charge in [0, 0.05) is 49.4 Å². The Morgan fingerprint density at radius 2 is 2.06 bits per heavy atom. The number of nitrogens with one attached hydrogen (secondary N) is 2. The number of hydrogen-bond donors (Lipinski definition) is 2. The number of pyridine rings is 1. The van der Waals surface area contributed by atoms with Crippen LogP contribution >= 0.6 is 0 Å². The molecule has 35 heavy (non-hydrogen) atoms. The van der Waals surface area contributed by atoms with Gasteiger partial charge in [0.15, 0.2) is 0 Å². The van der Waals surface area contributed by atoms with Crippen molar-refractivity contribution in [2.45, 2.75) is 25.7 Å². The number of allylic oxidation sites excluding steroid dienone is 2. The monoisotopic (exact) mass is 467 g/mol. The van der Waals surface area contributed by atoms with Gasteiger partial charge in [0.05, 0.1) is 35.5 Å². The summed E-state index contributed by atoms with van der Waals surface area (Å²) in [7, 11) is 1.94. The highest BCUT2D eigenvalue weighted by Gasteiger charge is 2.44. The summed E-state index contributed by atoms with van der Waals surface area (Å²) in [6, 6.07) is 6.30. The number of hydrogen-bond acceptors (Lipinski definition) is 7. The Morgan fingerprint density at radius 3 is 2.77 bits per heavy atom. The average molecular weight is 468 g/mol. The first-order chi connectivity index (χ1) is 17.2. The molecule has 0 aromatic carbocycles. The first-order valence-electron chi connectivity index (χ1n) is 12.4. The van der Waals surface area contributed by atoms with Crippen LogP contribution in [0.5, 0.6) is 0 Å². The molecule has 178 valence electrons. The molecule has 0 radical (unpaired) electrons. The zero-order chi connectivity index (χ0) is 23.4. The molecule has 2 fully saturated rings. The predicted molar refractivity (Wildman–Crippen MR) is 137 cm³/mol. The van der Waals surface area contributed by atoms with Crippen molar-refractivity contribution in [1.82, 2.24) is 34.7 Å². The van der Waals surface area contributed by atoms with E-state index in [0.29, 0.717) is 11.4 Å². The van der Waals surface area contributed by atoms with Gasteiger partial charge in [-0.25, -0.2) is 14.5 Å². The zero-order valence-electron chi connectivity index (χ0n) is 19.9. The van der Waals surface area contributed by atoms with Crippen molar-refractivity contribution in [2.24, 2.45) is 12.5 Å². The third kappa shape index (κ3) is 3.58. The molecule has 4 aromatic heterocycles. The van der Waals surface area contributed by atoms with E-state index in [-0.39, 0.29) is 0 Å². The molecule has 6 heterocycles. The van der Waals surface area contributed by atoms with Crippen molar-refractivity contribution in [1.29, 1.82) is 0 Å². The largest absolute Gasteiger partial charge is 0.369 e. The summed E-state index contributed by atoms with van der Waals surface area (Å²) in [5.41, 5.74) is 7.31. The van der Waals surface area contributed by atoms with Gasteiger partial charge in [-0.05, 0) is 56.0 Å². The molecule has 2 N–H and O–H groups in total. The van der Waals surface area contributed by atoms with Crippen molar-refractivity contribution in [3.8, 4) is 11.1 Å². The van der Waals surface area contributed by atoms with Gasteiger partial charge in [0.25, 0.3) is 0 Å². The van der Waals surface area contributed by atoms with Gasteiger partial charge in [0.2, 0.25) is 5.95 Å². The Morgan fingerprint density at radius 1 is 1.11 bits per heavy atom. The summed E-state index contributed by atoms with van der Waals surface area (Å²) in [5, 5.41) is 16.0. The number of aryl methyl sites for hydroxylation is 1. The molecule has 0 saturated carbocycles. The molecule has 1 spiro atoms. The van der Waals surface area contributed by atoms with Gasteiger partial charge in [-0.1, -0.05) is 6.08 Å². The predicted octanol–water partition coefficient (Wildman–Crippen LogP) is 3.64. The van der Waals surface area contributed by atoms with E-state index >= 15 is 0 Å². The van der Waals surface area contributed by atoms with E-state index in [4.69, 9.17) is 5.10 Å². The molecule has 0 amide bonds. The van der Waals surface area contributed by atoms with Gasteiger partial charge in [-0.2, -0.15) is 5.10 Å². The van der Waals surface area contributed by atoms with Gasteiger partial charge in [0.1, 0.15) is 5.82 Å². The Bertz CT molecular complexity index is 1420. The zero-order valence-corrected chi connectivity index (χ0v) is 19.9. The molecule has 2 saturated heterocycles. The first kappa shape index (κ1) is 20.6. The highest BCUT2D eigenvalue weighted by molar-refractivity contribution is 5.84. The Hall–Kier alpha value is -3.72. The lowest BCUT2D eigenvalue weighted by Gasteiger charge is -2.49. The van der Waals surface area contributed by atoms with Crippen LogP contribution in [0, 0.1) is 5.41 Å². The van der Waals surface area contributed by atoms with E-state index in [1.807, 2.05) is 40.9 Å². The molecular weight excluding hydrogens is 438 g/mol. The minimum Gasteiger partial charge on any atom is -0.369 e. The molecule has 0 bridgehead atoms. The third-order valence-electron chi connectivity index (χ3n) is 7.62. The maximum atomic E-state index is 4.87. The van der Waals surface area contributed by atoms with Crippen molar-refractivity contribution >= 4 is 28.5 Å². The number of aromatic nitrogens is 6. The maximum Gasteiger partial charge on any atom is 0.246 e. The average Bonchev–Trinajstić information content (AvgIpc) is 3.63. The van der Waals surface area contributed by atoms with Crippen LogP contribution in [0.4, 0.5) is 17.5 Å². The van der Waals surface area contributed by atoms with Crippen LogP contribution in [0.15, 0.2) is 49.1 Å². The van der Waals surface area contributed by atoms with Crippen LogP contribution < -0.4 is 15.5 Å². The standard InChI is InChI=1S/C26H29N9/c1-33-14-19(11-30-33)22-10-21-13-29-25(32-35(21)24(22)18-4-2-3-5-18)31-23-7-6-20(12-28-23)34-16-26(17-34)8-9-27-15-26/h4,6-7,10-14,27H,2-3,5,8-9,15-17H2,1H3,(H,28,31,32). The van der Waals surface area contributed by atoms with Gasteiger partial charge in [-0.15, -0.1) is 5.10 Å². The molecule has 7 rings (SSSR count). The first-order valence-corrected chi connectivity index (χ1v) is 12.4. The van der Waals surface area contributed by atoms with Crippen molar-refractivity contribution in [3.05, 3.63) is 54.8 Å². The molecule has 0 atom stereocenters. The molecule has 3 aliphatic rings. The Balaban J connectivity index is 1.16.